The lowest BCUT2D eigenvalue weighted by Gasteiger charge is -2.39. The SMILES string of the molecule is O=C1COc2ccc(F)cc2CCCC[C@@H]2CN(Cc3ccc(Cl)cc3)CC[C@@H]2N1. The van der Waals surface area contributed by atoms with Crippen molar-refractivity contribution < 1.29 is 13.9 Å². The molecule has 1 fully saturated rings. The Morgan fingerprint density at radius 3 is 2.80 bits per heavy atom. The molecular formula is C24H28ClFN2O2. The summed E-state index contributed by atoms with van der Waals surface area (Å²) in [7, 11) is 0. The number of likely N-dealkylation sites (tertiary alicyclic amines) is 1. The summed E-state index contributed by atoms with van der Waals surface area (Å²) < 4.78 is 19.4. The van der Waals surface area contributed by atoms with Crippen LogP contribution in [0.1, 0.15) is 36.8 Å². The predicted molar refractivity (Wildman–Crippen MR) is 116 cm³/mol. The molecule has 0 radical (unpaired) electrons. The monoisotopic (exact) mass is 430 g/mol. The predicted octanol–water partition coefficient (Wildman–Crippen LogP) is 4.59. The van der Waals surface area contributed by atoms with E-state index in [0.717, 1.165) is 62.3 Å². The summed E-state index contributed by atoms with van der Waals surface area (Å²) in [6, 6.07) is 12.7. The Balaban J connectivity index is 1.42. The molecule has 4 rings (SSSR count). The molecule has 6 heteroatoms. The summed E-state index contributed by atoms with van der Waals surface area (Å²) in [6.07, 6.45) is 4.77. The van der Waals surface area contributed by atoms with E-state index in [4.69, 9.17) is 16.3 Å². The Morgan fingerprint density at radius 1 is 1.13 bits per heavy atom. The number of carbonyl (C=O) groups is 1. The molecule has 1 amide bonds. The van der Waals surface area contributed by atoms with Gasteiger partial charge in [0.25, 0.3) is 5.91 Å². The van der Waals surface area contributed by atoms with Crippen molar-refractivity contribution in [1.29, 1.82) is 0 Å². The summed E-state index contributed by atoms with van der Waals surface area (Å²) in [5, 5.41) is 3.94. The van der Waals surface area contributed by atoms with Crippen molar-refractivity contribution in [3.05, 3.63) is 64.4 Å². The minimum absolute atomic E-state index is 0.0314. The average Bonchev–Trinajstić information content (AvgIpc) is 2.73. The molecule has 0 saturated carbocycles. The molecule has 0 aromatic heterocycles. The maximum Gasteiger partial charge on any atom is 0.258 e. The van der Waals surface area contributed by atoms with E-state index >= 15 is 0 Å². The van der Waals surface area contributed by atoms with Crippen LogP contribution in [0.2, 0.25) is 5.02 Å². The van der Waals surface area contributed by atoms with Crippen molar-refractivity contribution in [2.24, 2.45) is 5.92 Å². The lowest BCUT2D eigenvalue weighted by atomic mass is 9.87. The van der Waals surface area contributed by atoms with Gasteiger partial charge in [-0.25, -0.2) is 4.39 Å². The van der Waals surface area contributed by atoms with Crippen molar-refractivity contribution >= 4 is 17.5 Å². The van der Waals surface area contributed by atoms with Gasteiger partial charge in [0.15, 0.2) is 6.61 Å². The number of rotatable bonds is 2. The molecule has 2 heterocycles. The van der Waals surface area contributed by atoms with Crippen LogP contribution < -0.4 is 10.1 Å². The Hall–Kier alpha value is -2.11. The van der Waals surface area contributed by atoms with Gasteiger partial charge in [-0.2, -0.15) is 0 Å². The van der Waals surface area contributed by atoms with Crippen LogP contribution in [0.5, 0.6) is 5.75 Å². The van der Waals surface area contributed by atoms with Crippen LogP contribution >= 0.6 is 11.6 Å². The molecule has 1 saturated heterocycles. The second kappa shape index (κ2) is 9.80. The van der Waals surface area contributed by atoms with E-state index in [1.807, 2.05) is 12.1 Å². The Morgan fingerprint density at radius 2 is 1.97 bits per heavy atom. The molecule has 30 heavy (non-hydrogen) atoms. The molecule has 2 aromatic rings. The van der Waals surface area contributed by atoms with Crippen molar-refractivity contribution in [2.45, 2.75) is 44.7 Å². The number of halogens is 2. The number of nitrogens with zero attached hydrogens (tertiary/aromatic N) is 1. The first-order valence-corrected chi connectivity index (χ1v) is 11.1. The molecule has 0 spiro atoms. The normalized spacial score (nSPS) is 23.2. The van der Waals surface area contributed by atoms with Crippen LogP contribution in [0.3, 0.4) is 0 Å². The number of piperidine rings is 1. The number of hydrogen-bond acceptors (Lipinski definition) is 3. The van der Waals surface area contributed by atoms with Gasteiger partial charge >= 0.3 is 0 Å². The molecule has 2 aliphatic rings. The first kappa shape index (κ1) is 21.1. The van der Waals surface area contributed by atoms with Crippen molar-refractivity contribution in [1.82, 2.24) is 10.2 Å². The standard InChI is InChI=1S/C24H28ClFN2O2/c25-20-7-5-17(6-8-20)14-28-12-11-22-19(15-28)4-2-1-3-18-13-21(26)9-10-23(18)30-16-24(29)27-22/h5-10,13,19,22H,1-4,11-12,14-16H2,(H,27,29)/t19-,22+/m1/s1. The average molecular weight is 431 g/mol. The zero-order valence-corrected chi connectivity index (χ0v) is 17.8. The topological polar surface area (TPSA) is 41.6 Å². The van der Waals surface area contributed by atoms with Crippen molar-refractivity contribution in [3.63, 3.8) is 0 Å². The van der Waals surface area contributed by atoms with E-state index in [0.29, 0.717) is 11.7 Å². The molecule has 160 valence electrons. The molecule has 1 N–H and O–H groups in total. The Bertz CT molecular complexity index is 874. The lowest BCUT2D eigenvalue weighted by Crippen LogP contribution is -2.51. The molecule has 2 aromatic carbocycles. The highest BCUT2D eigenvalue weighted by Crippen LogP contribution is 2.27. The van der Waals surface area contributed by atoms with Gasteiger partial charge in [-0.1, -0.05) is 30.2 Å². The van der Waals surface area contributed by atoms with E-state index in [1.165, 1.54) is 17.7 Å². The van der Waals surface area contributed by atoms with Crippen LogP contribution in [0.25, 0.3) is 0 Å². The van der Waals surface area contributed by atoms with Gasteiger partial charge in [-0.15, -0.1) is 0 Å². The summed E-state index contributed by atoms with van der Waals surface area (Å²) in [6.45, 7) is 2.77. The van der Waals surface area contributed by atoms with Gasteiger partial charge in [-0.05, 0) is 73.1 Å². The minimum atomic E-state index is -0.265. The minimum Gasteiger partial charge on any atom is -0.483 e. The van der Waals surface area contributed by atoms with Gasteiger partial charge in [0.1, 0.15) is 11.6 Å². The van der Waals surface area contributed by atoms with Gasteiger partial charge in [-0.3, -0.25) is 9.69 Å². The first-order chi connectivity index (χ1) is 14.6. The summed E-state index contributed by atoms with van der Waals surface area (Å²) in [4.78, 5) is 15.0. The fraction of sp³-hybridized carbons (Fsp3) is 0.458. The zero-order chi connectivity index (χ0) is 20.9. The highest BCUT2D eigenvalue weighted by molar-refractivity contribution is 6.30. The van der Waals surface area contributed by atoms with E-state index in [2.05, 4.69) is 22.3 Å². The maximum absolute atomic E-state index is 13.7. The van der Waals surface area contributed by atoms with E-state index in [-0.39, 0.29) is 24.4 Å². The summed E-state index contributed by atoms with van der Waals surface area (Å²) in [5.74, 6) is 0.647. The van der Waals surface area contributed by atoms with E-state index in [9.17, 15) is 9.18 Å². The second-order valence-electron chi connectivity index (χ2n) is 8.37. The van der Waals surface area contributed by atoms with Crippen LogP contribution in [0.4, 0.5) is 4.39 Å². The number of aryl methyl sites for hydroxylation is 1. The fourth-order valence-corrected chi connectivity index (χ4v) is 4.71. The third-order valence-corrected chi connectivity index (χ3v) is 6.39. The number of ether oxygens (including phenoxy) is 1. The largest absolute Gasteiger partial charge is 0.483 e. The van der Waals surface area contributed by atoms with E-state index in [1.54, 1.807) is 6.07 Å². The fourth-order valence-electron chi connectivity index (χ4n) is 4.58. The first-order valence-electron chi connectivity index (χ1n) is 10.7. The molecule has 4 nitrogen and oxygen atoms in total. The second-order valence-corrected chi connectivity index (χ2v) is 8.81. The van der Waals surface area contributed by atoms with Gasteiger partial charge in [0.2, 0.25) is 0 Å². The zero-order valence-electron chi connectivity index (χ0n) is 17.1. The molecule has 0 aliphatic carbocycles. The van der Waals surface area contributed by atoms with E-state index < -0.39 is 0 Å². The molecule has 0 bridgehead atoms. The van der Waals surface area contributed by atoms with Crippen molar-refractivity contribution in [3.8, 4) is 5.75 Å². The summed E-state index contributed by atoms with van der Waals surface area (Å²) in [5.41, 5.74) is 2.09. The number of hydrogen-bond donors (Lipinski definition) is 1. The van der Waals surface area contributed by atoms with Crippen LogP contribution in [-0.2, 0) is 17.8 Å². The van der Waals surface area contributed by atoms with Crippen LogP contribution in [0, 0.1) is 11.7 Å². The number of amides is 1. The number of benzene rings is 2. The lowest BCUT2D eigenvalue weighted by molar-refractivity contribution is -0.124. The molecule has 0 unspecified atom stereocenters. The quantitative estimate of drug-likeness (QED) is 0.757. The number of nitrogens with one attached hydrogen (secondary N) is 1. The van der Waals surface area contributed by atoms with Crippen LogP contribution in [0.15, 0.2) is 42.5 Å². The van der Waals surface area contributed by atoms with Crippen molar-refractivity contribution in [2.75, 3.05) is 19.7 Å². The smallest absolute Gasteiger partial charge is 0.258 e. The molecule has 2 atom stereocenters. The Labute approximate surface area is 182 Å². The number of fused-ring (bicyclic) bond motifs is 2. The molecule has 2 aliphatic heterocycles. The maximum atomic E-state index is 13.7. The molecular weight excluding hydrogens is 403 g/mol. The Kier molecular flexibility index (Phi) is 6.90. The third kappa shape index (κ3) is 5.52. The summed E-state index contributed by atoms with van der Waals surface area (Å²) >= 11 is 6.00. The highest BCUT2D eigenvalue weighted by atomic mass is 35.5. The highest BCUT2D eigenvalue weighted by Gasteiger charge is 2.30. The van der Waals surface area contributed by atoms with Crippen LogP contribution in [-0.4, -0.2) is 36.5 Å². The number of carbonyl (C=O) groups excluding carboxylic acids is 1. The van der Waals surface area contributed by atoms with Gasteiger partial charge in [0, 0.05) is 30.7 Å². The van der Waals surface area contributed by atoms with Gasteiger partial charge < -0.3 is 10.1 Å². The van der Waals surface area contributed by atoms with Gasteiger partial charge in [0.05, 0.1) is 0 Å². The third-order valence-electron chi connectivity index (χ3n) is 6.14.